The number of methoxy groups -OCH3 is 2. The Hall–Kier alpha value is -1.71. The molecule has 0 aliphatic carbocycles. The second kappa shape index (κ2) is 9.23. The molecule has 0 bridgehead atoms. The van der Waals surface area contributed by atoms with Gasteiger partial charge in [0.25, 0.3) is 0 Å². The highest BCUT2D eigenvalue weighted by molar-refractivity contribution is 6.17. The highest BCUT2D eigenvalue weighted by atomic mass is 35.5. The van der Waals surface area contributed by atoms with Crippen LogP contribution in [-0.4, -0.2) is 19.3 Å². The summed E-state index contributed by atoms with van der Waals surface area (Å²) in [5.74, 6) is 2.25. The Morgan fingerprint density at radius 3 is 1.50 bits per heavy atom. The fourth-order valence-corrected chi connectivity index (χ4v) is 1.62. The summed E-state index contributed by atoms with van der Waals surface area (Å²) in [6.07, 6.45) is 0. The summed E-state index contributed by atoms with van der Waals surface area (Å²) in [4.78, 5) is 0. The first-order valence-corrected chi connectivity index (χ1v) is 6.69. The number of aliphatic hydroxyl groups excluding tert-OH is 1. The Labute approximate surface area is 124 Å². The smallest absolute Gasteiger partial charge is 0.118 e. The second-order valence-corrected chi connectivity index (χ2v) is 4.26. The molecule has 1 N–H and O–H groups in total. The Kier molecular flexibility index (Phi) is 7.55. The van der Waals surface area contributed by atoms with Crippen LogP contribution in [0.3, 0.4) is 0 Å². The maximum absolute atomic E-state index is 8.66. The maximum atomic E-state index is 8.66. The largest absolute Gasteiger partial charge is 0.497 e. The molecule has 2 aromatic carbocycles. The zero-order chi connectivity index (χ0) is 14.8. The fourth-order valence-electron chi connectivity index (χ4n) is 1.45. The van der Waals surface area contributed by atoms with E-state index >= 15 is 0 Å². The number of rotatable bonds is 4. The maximum Gasteiger partial charge on any atom is 0.118 e. The van der Waals surface area contributed by atoms with Gasteiger partial charge in [0.1, 0.15) is 11.5 Å². The summed E-state index contributed by atoms with van der Waals surface area (Å²) in [6, 6.07) is 15.0. The molecule has 108 valence electrons. The first-order valence-electron chi connectivity index (χ1n) is 6.16. The summed E-state index contributed by atoms with van der Waals surface area (Å²) in [5, 5.41) is 8.66. The Bertz CT molecular complexity index is 387. The fraction of sp³-hybridized carbons (Fsp3) is 0.250. The molecule has 0 aromatic heterocycles. The minimum Gasteiger partial charge on any atom is -0.497 e. The van der Waals surface area contributed by atoms with Crippen molar-refractivity contribution in [3.05, 3.63) is 59.7 Å². The highest BCUT2D eigenvalue weighted by Gasteiger charge is 1.90. The van der Waals surface area contributed by atoms with E-state index in [0.717, 1.165) is 22.6 Å². The minimum absolute atomic E-state index is 0.0873. The molecule has 0 spiro atoms. The number of hydrogen-bond acceptors (Lipinski definition) is 3. The van der Waals surface area contributed by atoms with Crippen molar-refractivity contribution in [2.45, 2.75) is 12.5 Å². The van der Waals surface area contributed by atoms with Crippen LogP contribution in [0, 0.1) is 0 Å². The van der Waals surface area contributed by atoms with Gasteiger partial charge in [0, 0.05) is 5.88 Å². The van der Waals surface area contributed by atoms with Gasteiger partial charge in [-0.3, -0.25) is 0 Å². The molecule has 2 rings (SSSR count). The lowest BCUT2D eigenvalue weighted by atomic mass is 10.2. The average molecular weight is 295 g/mol. The van der Waals surface area contributed by atoms with Crippen molar-refractivity contribution in [1.82, 2.24) is 0 Å². The molecule has 2 aromatic rings. The van der Waals surface area contributed by atoms with E-state index in [1.54, 1.807) is 14.2 Å². The average Bonchev–Trinajstić information content (AvgIpc) is 2.55. The molecule has 0 radical (unpaired) electrons. The van der Waals surface area contributed by atoms with Gasteiger partial charge < -0.3 is 14.6 Å². The van der Waals surface area contributed by atoms with Crippen molar-refractivity contribution in [3.63, 3.8) is 0 Å². The summed E-state index contributed by atoms with van der Waals surface area (Å²) in [7, 11) is 3.27. The summed E-state index contributed by atoms with van der Waals surface area (Å²) >= 11 is 5.58. The molecule has 0 unspecified atom stereocenters. The zero-order valence-electron chi connectivity index (χ0n) is 11.7. The van der Waals surface area contributed by atoms with Crippen molar-refractivity contribution in [1.29, 1.82) is 0 Å². The van der Waals surface area contributed by atoms with Gasteiger partial charge in [-0.15, -0.1) is 11.6 Å². The van der Waals surface area contributed by atoms with Gasteiger partial charge in [-0.05, 0) is 35.4 Å². The lowest BCUT2D eigenvalue weighted by molar-refractivity contribution is 0.281. The third kappa shape index (κ3) is 5.51. The van der Waals surface area contributed by atoms with Crippen LogP contribution in [0.4, 0.5) is 0 Å². The predicted molar refractivity (Wildman–Crippen MR) is 81.5 cm³/mol. The van der Waals surface area contributed by atoms with Crippen LogP contribution in [-0.2, 0) is 12.5 Å². The van der Waals surface area contributed by atoms with Crippen LogP contribution in [0.25, 0.3) is 0 Å². The van der Waals surface area contributed by atoms with Crippen LogP contribution < -0.4 is 9.47 Å². The molecule has 0 fully saturated rings. The monoisotopic (exact) mass is 294 g/mol. The standard InChI is InChI=1S/C8H9ClO.C8H10O2/c2*1-10-8-4-2-7(6-9)3-5-8/h2-5H,6H2,1H3;2-5,9H,6H2,1H3. The van der Waals surface area contributed by atoms with Crippen LogP contribution >= 0.6 is 11.6 Å². The Morgan fingerprint density at radius 2 is 1.20 bits per heavy atom. The van der Waals surface area contributed by atoms with Crippen molar-refractivity contribution >= 4 is 11.6 Å². The summed E-state index contributed by atoms with van der Waals surface area (Å²) < 4.78 is 9.90. The number of alkyl halides is 1. The van der Waals surface area contributed by atoms with Gasteiger partial charge >= 0.3 is 0 Å². The van der Waals surface area contributed by atoms with Gasteiger partial charge in [-0.25, -0.2) is 0 Å². The first kappa shape index (κ1) is 16.3. The van der Waals surface area contributed by atoms with Gasteiger partial charge in [0.2, 0.25) is 0 Å². The zero-order valence-corrected chi connectivity index (χ0v) is 12.4. The van der Waals surface area contributed by atoms with E-state index in [-0.39, 0.29) is 6.61 Å². The van der Waals surface area contributed by atoms with Crippen molar-refractivity contribution < 1.29 is 14.6 Å². The molecule has 3 nitrogen and oxygen atoms in total. The number of ether oxygens (including phenoxy) is 2. The van der Waals surface area contributed by atoms with E-state index in [9.17, 15) is 0 Å². The van der Waals surface area contributed by atoms with E-state index in [2.05, 4.69) is 0 Å². The highest BCUT2D eigenvalue weighted by Crippen LogP contribution is 2.12. The molecule has 0 amide bonds. The van der Waals surface area contributed by atoms with E-state index in [4.69, 9.17) is 26.2 Å². The molecular weight excluding hydrogens is 276 g/mol. The summed E-state index contributed by atoms with van der Waals surface area (Å²) in [6.45, 7) is 0.0873. The van der Waals surface area contributed by atoms with Crippen molar-refractivity contribution in [2.75, 3.05) is 14.2 Å². The number of aliphatic hydroxyl groups is 1. The number of halogens is 1. The SMILES string of the molecule is COc1ccc(CCl)cc1.COc1ccc(CO)cc1. The van der Waals surface area contributed by atoms with Crippen LogP contribution in [0.15, 0.2) is 48.5 Å². The Morgan fingerprint density at radius 1 is 0.800 bits per heavy atom. The van der Waals surface area contributed by atoms with E-state index in [1.807, 2.05) is 48.5 Å². The van der Waals surface area contributed by atoms with Crippen molar-refractivity contribution in [2.24, 2.45) is 0 Å². The topological polar surface area (TPSA) is 38.7 Å². The van der Waals surface area contributed by atoms with Crippen LogP contribution in [0.2, 0.25) is 0 Å². The molecule has 0 aliphatic rings. The van der Waals surface area contributed by atoms with Gasteiger partial charge in [0.05, 0.1) is 20.8 Å². The van der Waals surface area contributed by atoms with Gasteiger partial charge in [-0.2, -0.15) is 0 Å². The lowest BCUT2D eigenvalue weighted by Crippen LogP contribution is -1.84. The molecule has 0 saturated heterocycles. The lowest BCUT2D eigenvalue weighted by Gasteiger charge is -1.98. The molecule has 0 heterocycles. The Balaban J connectivity index is 0.000000200. The molecule has 4 heteroatoms. The van der Waals surface area contributed by atoms with E-state index in [0.29, 0.717) is 5.88 Å². The van der Waals surface area contributed by atoms with Gasteiger partial charge in [-0.1, -0.05) is 24.3 Å². The molecule has 0 aliphatic heterocycles. The first-order chi connectivity index (χ1) is 9.73. The normalized spacial score (nSPS) is 9.40. The molecule has 20 heavy (non-hydrogen) atoms. The van der Waals surface area contributed by atoms with Gasteiger partial charge in [0.15, 0.2) is 0 Å². The third-order valence-electron chi connectivity index (χ3n) is 2.65. The summed E-state index contributed by atoms with van der Waals surface area (Å²) in [5.41, 5.74) is 2.02. The van der Waals surface area contributed by atoms with E-state index in [1.165, 1.54) is 0 Å². The molecule has 0 saturated carbocycles. The molecule has 0 atom stereocenters. The number of benzene rings is 2. The minimum atomic E-state index is 0.0873. The number of hydrogen-bond donors (Lipinski definition) is 1. The van der Waals surface area contributed by atoms with Crippen LogP contribution in [0.1, 0.15) is 11.1 Å². The molecular formula is C16H19ClO3. The predicted octanol–water partition coefficient (Wildman–Crippen LogP) is 3.62. The quantitative estimate of drug-likeness (QED) is 0.875. The van der Waals surface area contributed by atoms with Crippen LogP contribution in [0.5, 0.6) is 11.5 Å². The third-order valence-corrected chi connectivity index (χ3v) is 2.96. The van der Waals surface area contributed by atoms with E-state index < -0.39 is 0 Å². The van der Waals surface area contributed by atoms with Crippen molar-refractivity contribution in [3.8, 4) is 11.5 Å². The second-order valence-electron chi connectivity index (χ2n) is 3.99.